The van der Waals surface area contributed by atoms with Crippen molar-refractivity contribution >= 4 is 5.91 Å². The minimum absolute atomic E-state index is 0.124. The molecule has 0 saturated carbocycles. The van der Waals surface area contributed by atoms with E-state index in [4.69, 9.17) is 5.73 Å². The van der Waals surface area contributed by atoms with Gasteiger partial charge in [-0.05, 0) is 12.0 Å². The van der Waals surface area contributed by atoms with E-state index in [1.165, 1.54) is 0 Å². The molecule has 0 fully saturated rings. The van der Waals surface area contributed by atoms with Gasteiger partial charge in [-0.15, -0.1) is 0 Å². The predicted molar refractivity (Wildman–Crippen MR) is 71.9 cm³/mol. The molecule has 4 nitrogen and oxygen atoms in total. The third kappa shape index (κ3) is 5.29. The van der Waals surface area contributed by atoms with Gasteiger partial charge in [0.2, 0.25) is 5.91 Å². The molecule has 1 rings (SSSR count). The zero-order valence-electron chi connectivity index (χ0n) is 10.8. The first kappa shape index (κ1) is 14.7. The molecule has 0 saturated heterocycles. The fraction of sp³-hybridized carbons (Fsp3) is 0.500. The molecule has 1 aromatic carbocycles. The molecule has 18 heavy (non-hydrogen) atoms. The molecule has 0 spiro atoms. The van der Waals surface area contributed by atoms with Crippen LogP contribution in [-0.4, -0.2) is 23.7 Å². The smallest absolute Gasteiger partial charge is 0.221 e. The molecule has 0 bridgehead atoms. The zero-order valence-corrected chi connectivity index (χ0v) is 10.8. The van der Waals surface area contributed by atoms with Crippen LogP contribution in [0.2, 0.25) is 0 Å². The van der Waals surface area contributed by atoms with Crippen LogP contribution in [-0.2, 0) is 4.79 Å². The first-order valence-corrected chi connectivity index (χ1v) is 6.38. The standard InChI is InChI=1S/C14H22N2O2/c1-2-6-12(17)10-16-14(18)9-13(15)11-7-4-3-5-8-11/h3-5,7-8,12-13,17H,2,6,9-10,15H2,1H3,(H,16,18). The van der Waals surface area contributed by atoms with Crippen molar-refractivity contribution < 1.29 is 9.90 Å². The molecular weight excluding hydrogens is 228 g/mol. The first-order chi connectivity index (χ1) is 8.63. The lowest BCUT2D eigenvalue weighted by atomic mass is 10.0. The summed E-state index contributed by atoms with van der Waals surface area (Å²) in [7, 11) is 0. The van der Waals surface area contributed by atoms with E-state index in [0.717, 1.165) is 12.0 Å². The molecular formula is C14H22N2O2. The maximum Gasteiger partial charge on any atom is 0.221 e. The van der Waals surface area contributed by atoms with Gasteiger partial charge in [0.15, 0.2) is 0 Å². The van der Waals surface area contributed by atoms with Crippen molar-refractivity contribution in [1.82, 2.24) is 5.32 Å². The quantitative estimate of drug-likeness (QED) is 0.684. The molecule has 0 heterocycles. The lowest BCUT2D eigenvalue weighted by Gasteiger charge is -2.14. The Hall–Kier alpha value is -1.39. The number of hydrogen-bond donors (Lipinski definition) is 3. The predicted octanol–water partition coefficient (Wildman–Crippen LogP) is 1.35. The molecule has 1 amide bonds. The third-order valence-corrected chi connectivity index (χ3v) is 2.79. The van der Waals surface area contributed by atoms with Crippen LogP contribution in [0.4, 0.5) is 0 Å². The highest BCUT2D eigenvalue weighted by Crippen LogP contribution is 2.12. The number of aliphatic hydroxyl groups is 1. The number of carbonyl (C=O) groups is 1. The van der Waals surface area contributed by atoms with Gasteiger partial charge in [-0.1, -0.05) is 43.7 Å². The van der Waals surface area contributed by atoms with E-state index >= 15 is 0 Å². The second-order valence-electron chi connectivity index (χ2n) is 4.47. The van der Waals surface area contributed by atoms with Gasteiger partial charge in [-0.25, -0.2) is 0 Å². The van der Waals surface area contributed by atoms with E-state index < -0.39 is 6.10 Å². The number of benzene rings is 1. The third-order valence-electron chi connectivity index (χ3n) is 2.79. The Morgan fingerprint density at radius 1 is 1.39 bits per heavy atom. The van der Waals surface area contributed by atoms with Crippen molar-refractivity contribution in [3.63, 3.8) is 0 Å². The molecule has 4 heteroatoms. The number of amides is 1. The largest absolute Gasteiger partial charge is 0.391 e. The van der Waals surface area contributed by atoms with Crippen LogP contribution in [0.1, 0.15) is 37.8 Å². The van der Waals surface area contributed by atoms with Gasteiger partial charge in [-0.3, -0.25) is 4.79 Å². The second kappa shape index (κ2) is 7.84. The summed E-state index contributed by atoms with van der Waals surface area (Å²) in [6, 6.07) is 9.23. The Morgan fingerprint density at radius 3 is 2.67 bits per heavy atom. The summed E-state index contributed by atoms with van der Waals surface area (Å²) in [4.78, 5) is 11.6. The van der Waals surface area contributed by atoms with E-state index in [2.05, 4.69) is 5.32 Å². The Kier molecular flexibility index (Phi) is 6.39. The topological polar surface area (TPSA) is 75.3 Å². The number of carbonyl (C=O) groups excluding carboxylic acids is 1. The number of hydrogen-bond acceptors (Lipinski definition) is 3. The van der Waals surface area contributed by atoms with Crippen LogP contribution in [0.3, 0.4) is 0 Å². The maximum atomic E-state index is 11.6. The van der Waals surface area contributed by atoms with Gasteiger partial charge in [0.25, 0.3) is 0 Å². The Labute approximate surface area is 108 Å². The first-order valence-electron chi connectivity index (χ1n) is 6.38. The van der Waals surface area contributed by atoms with Gasteiger partial charge in [0, 0.05) is 19.0 Å². The van der Waals surface area contributed by atoms with Gasteiger partial charge < -0.3 is 16.2 Å². The van der Waals surface area contributed by atoms with Crippen LogP contribution in [0.25, 0.3) is 0 Å². The molecule has 0 aromatic heterocycles. The highest BCUT2D eigenvalue weighted by Gasteiger charge is 2.12. The Balaban J connectivity index is 2.32. The van der Waals surface area contributed by atoms with Crippen molar-refractivity contribution in [1.29, 1.82) is 0 Å². The molecule has 0 aliphatic carbocycles. The van der Waals surface area contributed by atoms with Crippen LogP contribution in [0, 0.1) is 0 Å². The van der Waals surface area contributed by atoms with Crippen molar-refractivity contribution in [2.45, 2.75) is 38.3 Å². The number of nitrogens with one attached hydrogen (secondary N) is 1. The average Bonchev–Trinajstić information content (AvgIpc) is 2.38. The molecule has 2 unspecified atom stereocenters. The molecule has 100 valence electrons. The molecule has 4 N–H and O–H groups in total. The Morgan fingerprint density at radius 2 is 2.06 bits per heavy atom. The summed E-state index contributed by atoms with van der Waals surface area (Å²) >= 11 is 0. The fourth-order valence-corrected chi connectivity index (χ4v) is 1.76. The summed E-state index contributed by atoms with van der Waals surface area (Å²) in [6.45, 7) is 2.30. The molecule has 2 atom stereocenters. The van der Waals surface area contributed by atoms with E-state index in [0.29, 0.717) is 13.0 Å². The number of nitrogens with two attached hydrogens (primary N) is 1. The summed E-state index contributed by atoms with van der Waals surface area (Å²) in [5, 5.41) is 12.2. The monoisotopic (exact) mass is 250 g/mol. The lowest BCUT2D eigenvalue weighted by molar-refractivity contribution is -0.121. The summed E-state index contributed by atoms with van der Waals surface area (Å²) in [5.41, 5.74) is 6.88. The van der Waals surface area contributed by atoms with Crippen LogP contribution in [0.5, 0.6) is 0 Å². The molecule has 0 radical (unpaired) electrons. The van der Waals surface area contributed by atoms with E-state index in [1.54, 1.807) is 0 Å². The van der Waals surface area contributed by atoms with Crippen molar-refractivity contribution in [2.24, 2.45) is 5.73 Å². The van der Waals surface area contributed by atoms with Crippen LogP contribution < -0.4 is 11.1 Å². The normalized spacial score (nSPS) is 13.9. The Bertz CT molecular complexity index is 354. The van der Waals surface area contributed by atoms with Gasteiger partial charge in [0.05, 0.1) is 6.10 Å². The average molecular weight is 250 g/mol. The lowest BCUT2D eigenvalue weighted by Crippen LogP contribution is -2.33. The minimum atomic E-state index is -0.466. The SMILES string of the molecule is CCCC(O)CNC(=O)CC(N)c1ccccc1. The van der Waals surface area contributed by atoms with Gasteiger partial charge in [-0.2, -0.15) is 0 Å². The second-order valence-corrected chi connectivity index (χ2v) is 4.47. The summed E-state index contributed by atoms with van der Waals surface area (Å²) < 4.78 is 0. The van der Waals surface area contributed by atoms with Gasteiger partial charge >= 0.3 is 0 Å². The van der Waals surface area contributed by atoms with Gasteiger partial charge in [0.1, 0.15) is 0 Å². The molecule has 0 aliphatic heterocycles. The maximum absolute atomic E-state index is 11.6. The van der Waals surface area contributed by atoms with E-state index in [1.807, 2.05) is 37.3 Å². The molecule has 0 aliphatic rings. The van der Waals surface area contributed by atoms with E-state index in [9.17, 15) is 9.90 Å². The van der Waals surface area contributed by atoms with Crippen molar-refractivity contribution in [3.8, 4) is 0 Å². The summed E-state index contributed by atoms with van der Waals surface area (Å²) in [6.07, 6.45) is 1.38. The van der Waals surface area contributed by atoms with Crippen molar-refractivity contribution in [2.75, 3.05) is 6.54 Å². The minimum Gasteiger partial charge on any atom is -0.391 e. The number of aliphatic hydroxyl groups excluding tert-OH is 1. The summed E-state index contributed by atoms with van der Waals surface area (Å²) in [5.74, 6) is -0.124. The fourth-order valence-electron chi connectivity index (χ4n) is 1.76. The zero-order chi connectivity index (χ0) is 13.4. The number of rotatable bonds is 7. The van der Waals surface area contributed by atoms with E-state index in [-0.39, 0.29) is 18.4 Å². The van der Waals surface area contributed by atoms with Crippen LogP contribution in [0.15, 0.2) is 30.3 Å². The van der Waals surface area contributed by atoms with Crippen molar-refractivity contribution in [3.05, 3.63) is 35.9 Å². The highest BCUT2D eigenvalue weighted by atomic mass is 16.3. The highest BCUT2D eigenvalue weighted by molar-refractivity contribution is 5.76. The van der Waals surface area contributed by atoms with Crippen LogP contribution >= 0.6 is 0 Å². The molecule has 1 aromatic rings.